The molecule has 0 aliphatic heterocycles. The van der Waals surface area contributed by atoms with E-state index in [1.807, 2.05) is 0 Å². The van der Waals surface area contributed by atoms with Crippen molar-refractivity contribution in [3.8, 4) is 5.75 Å². The number of pyridine rings is 1. The predicted octanol–water partition coefficient (Wildman–Crippen LogP) is 3.11. The first-order valence-electron chi connectivity index (χ1n) is 4.83. The minimum Gasteiger partial charge on any atom is -0.490 e. The molecule has 0 saturated heterocycles. The molecule has 1 aromatic carbocycles. The average molecular weight is 253 g/mol. The first-order valence-corrected chi connectivity index (χ1v) is 5.20. The van der Waals surface area contributed by atoms with E-state index in [1.165, 1.54) is 13.2 Å². The Bertz CT molecular complexity index is 613. The van der Waals surface area contributed by atoms with Gasteiger partial charge in [-0.1, -0.05) is 11.6 Å². The van der Waals surface area contributed by atoms with Gasteiger partial charge in [-0.3, -0.25) is 10.1 Å². The Morgan fingerprint density at radius 3 is 2.76 bits per heavy atom. The van der Waals surface area contributed by atoms with Crippen molar-refractivity contribution in [3.05, 3.63) is 39.0 Å². The summed E-state index contributed by atoms with van der Waals surface area (Å²) in [5.41, 5.74) is 0.716. The van der Waals surface area contributed by atoms with Crippen molar-refractivity contribution in [3.63, 3.8) is 0 Å². The molecule has 0 aliphatic carbocycles. The van der Waals surface area contributed by atoms with Gasteiger partial charge in [0.1, 0.15) is 0 Å². The number of nitro groups is 1. The predicted molar refractivity (Wildman–Crippen MR) is 64.7 cm³/mol. The van der Waals surface area contributed by atoms with Gasteiger partial charge in [0.2, 0.25) is 0 Å². The summed E-state index contributed by atoms with van der Waals surface area (Å²) in [6.45, 7) is 1.73. The zero-order valence-electron chi connectivity index (χ0n) is 9.23. The van der Waals surface area contributed by atoms with Crippen molar-refractivity contribution < 1.29 is 9.66 Å². The van der Waals surface area contributed by atoms with Crippen LogP contribution in [0.25, 0.3) is 10.9 Å². The lowest BCUT2D eigenvalue weighted by atomic mass is 10.1. The molecule has 0 atom stereocenters. The van der Waals surface area contributed by atoms with E-state index < -0.39 is 4.92 Å². The van der Waals surface area contributed by atoms with Crippen molar-refractivity contribution in [1.82, 2.24) is 4.98 Å². The number of methoxy groups -OCH3 is 1. The molecular formula is C11H9ClN2O3. The SMILES string of the molecule is COc1ccc2c(Cl)cc(C)nc2c1[N+](=O)[O-]. The standard InChI is InChI=1S/C11H9ClN2O3/c1-6-5-8(12)7-3-4-9(17-2)11(14(15)16)10(7)13-6/h3-5H,1-2H3. The molecular weight excluding hydrogens is 244 g/mol. The molecule has 0 amide bonds. The summed E-state index contributed by atoms with van der Waals surface area (Å²) in [6, 6.07) is 4.85. The molecule has 6 heteroatoms. The highest BCUT2D eigenvalue weighted by molar-refractivity contribution is 6.35. The molecule has 1 aromatic heterocycles. The van der Waals surface area contributed by atoms with Crippen LogP contribution in [0.2, 0.25) is 5.02 Å². The second-order valence-electron chi connectivity index (χ2n) is 3.52. The summed E-state index contributed by atoms with van der Waals surface area (Å²) in [7, 11) is 1.38. The van der Waals surface area contributed by atoms with Crippen molar-refractivity contribution in [1.29, 1.82) is 0 Å². The van der Waals surface area contributed by atoms with Crippen LogP contribution >= 0.6 is 11.6 Å². The lowest BCUT2D eigenvalue weighted by molar-refractivity contribution is -0.384. The first-order chi connectivity index (χ1) is 8.04. The molecule has 5 nitrogen and oxygen atoms in total. The summed E-state index contributed by atoms with van der Waals surface area (Å²) < 4.78 is 4.97. The molecule has 0 spiro atoms. The zero-order chi connectivity index (χ0) is 12.6. The van der Waals surface area contributed by atoms with E-state index in [1.54, 1.807) is 19.1 Å². The molecule has 0 bridgehead atoms. The lowest BCUT2D eigenvalue weighted by Crippen LogP contribution is -1.97. The Kier molecular flexibility index (Phi) is 2.85. The number of hydrogen-bond donors (Lipinski definition) is 0. The van der Waals surface area contributed by atoms with Crippen LogP contribution in [0.1, 0.15) is 5.69 Å². The van der Waals surface area contributed by atoms with Crippen LogP contribution in [0.3, 0.4) is 0 Å². The van der Waals surface area contributed by atoms with Crippen molar-refractivity contribution >= 4 is 28.2 Å². The number of aromatic nitrogens is 1. The molecule has 2 rings (SSSR count). The van der Waals surface area contributed by atoms with Gasteiger partial charge in [0.05, 0.1) is 17.1 Å². The maximum Gasteiger partial charge on any atom is 0.336 e. The molecule has 0 radical (unpaired) electrons. The van der Waals surface area contributed by atoms with E-state index in [-0.39, 0.29) is 17.0 Å². The van der Waals surface area contributed by atoms with E-state index in [2.05, 4.69) is 4.98 Å². The molecule has 88 valence electrons. The third kappa shape index (κ3) is 1.89. The topological polar surface area (TPSA) is 65.3 Å². The Morgan fingerprint density at radius 1 is 1.47 bits per heavy atom. The molecule has 1 heterocycles. The normalized spacial score (nSPS) is 10.5. The summed E-state index contributed by atoms with van der Waals surface area (Å²) in [4.78, 5) is 14.7. The number of benzene rings is 1. The molecule has 0 saturated carbocycles. The largest absolute Gasteiger partial charge is 0.490 e. The second-order valence-corrected chi connectivity index (χ2v) is 3.92. The monoisotopic (exact) mass is 252 g/mol. The fraction of sp³-hybridized carbons (Fsp3) is 0.182. The highest BCUT2D eigenvalue weighted by atomic mass is 35.5. The fourth-order valence-corrected chi connectivity index (χ4v) is 1.99. The number of nitrogens with zero attached hydrogens (tertiary/aromatic N) is 2. The van der Waals surface area contributed by atoms with Crippen molar-refractivity contribution in [2.24, 2.45) is 0 Å². The summed E-state index contributed by atoms with van der Waals surface area (Å²) in [6.07, 6.45) is 0. The molecule has 0 unspecified atom stereocenters. The van der Waals surface area contributed by atoms with Crippen LogP contribution < -0.4 is 4.74 Å². The fourth-order valence-electron chi connectivity index (χ4n) is 1.68. The Morgan fingerprint density at radius 2 is 2.18 bits per heavy atom. The summed E-state index contributed by atoms with van der Waals surface area (Å²) in [5, 5.41) is 12.0. The van der Waals surface area contributed by atoms with Crippen LogP contribution in [-0.2, 0) is 0 Å². The van der Waals surface area contributed by atoms with E-state index in [0.29, 0.717) is 16.1 Å². The minimum atomic E-state index is -0.510. The van der Waals surface area contributed by atoms with Gasteiger partial charge in [0.25, 0.3) is 0 Å². The maximum absolute atomic E-state index is 11.1. The van der Waals surface area contributed by atoms with Crippen molar-refractivity contribution in [2.75, 3.05) is 7.11 Å². The van der Waals surface area contributed by atoms with Gasteiger partial charge < -0.3 is 4.74 Å². The maximum atomic E-state index is 11.1. The molecule has 0 fully saturated rings. The number of rotatable bonds is 2. The van der Waals surface area contributed by atoms with Crippen LogP contribution in [0, 0.1) is 17.0 Å². The number of nitro benzene ring substituents is 1. The molecule has 0 N–H and O–H groups in total. The number of aryl methyl sites for hydroxylation is 1. The van der Waals surface area contributed by atoms with Crippen LogP contribution in [-0.4, -0.2) is 17.0 Å². The smallest absolute Gasteiger partial charge is 0.336 e. The van der Waals surface area contributed by atoms with Gasteiger partial charge in [0, 0.05) is 11.1 Å². The highest BCUT2D eigenvalue weighted by Gasteiger charge is 2.21. The third-order valence-corrected chi connectivity index (χ3v) is 2.71. The zero-order valence-corrected chi connectivity index (χ0v) is 9.99. The summed E-state index contributed by atoms with van der Waals surface area (Å²) in [5.74, 6) is 0.177. The van der Waals surface area contributed by atoms with Gasteiger partial charge in [-0.2, -0.15) is 0 Å². The average Bonchev–Trinajstić information content (AvgIpc) is 2.26. The third-order valence-electron chi connectivity index (χ3n) is 2.40. The quantitative estimate of drug-likeness (QED) is 0.608. The summed E-state index contributed by atoms with van der Waals surface area (Å²) >= 11 is 6.03. The lowest BCUT2D eigenvalue weighted by Gasteiger charge is -2.06. The Balaban J connectivity index is 2.93. The highest BCUT2D eigenvalue weighted by Crippen LogP contribution is 2.36. The van der Waals surface area contributed by atoms with Crippen LogP contribution in [0.4, 0.5) is 5.69 Å². The van der Waals surface area contributed by atoms with Gasteiger partial charge in [-0.05, 0) is 25.1 Å². The number of hydrogen-bond acceptors (Lipinski definition) is 4. The van der Waals surface area contributed by atoms with Gasteiger partial charge in [-0.25, -0.2) is 4.98 Å². The number of ether oxygens (including phenoxy) is 1. The van der Waals surface area contributed by atoms with E-state index in [0.717, 1.165) is 0 Å². The Hall–Kier alpha value is -1.88. The van der Waals surface area contributed by atoms with Crippen molar-refractivity contribution in [2.45, 2.75) is 6.92 Å². The van der Waals surface area contributed by atoms with Crippen LogP contribution in [0.5, 0.6) is 5.75 Å². The first kappa shape index (κ1) is 11.6. The van der Waals surface area contributed by atoms with Gasteiger partial charge in [0.15, 0.2) is 11.3 Å². The molecule has 2 aromatic rings. The van der Waals surface area contributed by atoms with Gasteiger partial charge >= 0.3 is 5.69 Å². The molecule has 17 heavy (non-hydrogen) atoms. The van der Waals surface area contributed by atoms with Gasteiger partial charge in [-0.15, -0.1) is 0 Å². The second kappa shape index (κ2) is 4.18. The number of halogens is 1. The number of fused-ring (bicyclic) bond motifs is 1. The van der Waals surface area contributed by atoms with Crippen LogP contribution in [0.15, 0.2) is 18.2 Å². The van der Waals surface area contributed by atoms with E-state index in [9.17, 15) is 10.1 Å². The van der Waals surface area contributed by atoms with E-state index >= 15 is 0 Å². The minimum absolute atomic E-state index is 0.157. The van der Waals surface area contributed by atoms with E-state index in [4.69, 9.17) is 16.3 Å². The Labute approximate surface area is 102 Å². The molecule has 0 aliphatic rings.